The van der Waals surface area contributed by atoms with Crippen LogP contribution in [0.1, 0.15) is 26.7 Å². The molecule has 0 bridgehead atoms. The van der Waals surface area contributed by atoms with E-state index in [0.29, 0.717) is 12.0 Å². The minimum absolute atomic E-state index is 0.428. The molecule has 1 aliphatic rings. The molecule has 16 heavy (non-hydrogen) atoms. The summed E-state index contributed by atoms with van der Waals surface area (Å²) >= 11 is 0. The third-order valence-corrected chi connectivity index (χ3v) is 3.33. The first-order chi connectivity index (χ1) is 7.85. The second kappa shape index (κ2) is 5.34. The number of ether oxygens (including phenoxy) is 1. The zero-order chi connectivity index (χ0) is 11.4. The van der Waals surface area contributed by atoms with Crippen LogP contribution in [0.15, 0.2) is 12.4 Å². The van der Waals surface area contributed by atoms with E-state index in [1.54, 1.807) is 0 Å². The highest BCUT2D eigenvalue weighted by molar-refractivity contribution is 5.25. The van der Waals surface area contributed by atoms with Gasteiger partial charge in [0.1, 0.15) is 0 Å². The zero-order valence-corrected chi connectivity index (χ0v) is 10.1. The molecule has 0 saturated carbocycles. The molecular formula is C12H21N3O. The Morgan fingerprint density at radius 1 is 1.56 bits per heavy atom. The van der Waals surface area contributed by atoms with Gasteiger partial charge in [0.15, 0.2) is 0 Å². The number of nitrogens with one attached hydrogen (secondary N) is 1. The average molecular weight is 223 g/mol. The lowest BCUT2D eigenvalue weighted by atomic mass is 10.00. The lowest BCUT2D eigenvalue weighted by molar-refractivity contribution is 0.0899. The van der Waals surface area contributed by atoms with Gasteiger partial charge in [-0.3, -0.25) is 0 Å². The molecule has 2 unspecified atom stereocenters. The van der Waals surface area contributed by atoms with E-state index in [9.17, 15) is 0 Å². The molecule has 4 nitrogen and oxygen atoms in total. The summed E-state index contributed by atoms with van der Waals surface area (Å²) in [7, 11) is 0. The van der Waals surface area contributed by atoms with Crippen molar-refractivity contribution in [2.75, 3.05) is 18.5 Å². The number of imidazole rings is 1. The van der Waals surface area contributed by atoms with Crippen LogP contribution in [-0.2, 0) is 11.3 Å². The van der Waals surface area contributed by atoms with Gasteiger partial charge < -0.3 is 14.6 Å². The normalized spacial score (nSPS) is 24.9. The van der Waals surface area contributed by atoms with Crippen LogP contribution >= 0.6 is 0 Å². The Morgan fingerprint density at radius 3 is 3.19 bits per heavy atom. The van der Waals surface area contributed by atoms with Crippen molar-refractivity contribution in [3.63, 3.8) is 0 Å². The summed E-state index contributed by atoms with van der Waals surface area (Å²) < 4.78 is 7.80. The first-order valence-electron chi connectivity index (χ1n) is 6.21. The Kier molecular flexibility index (Phi) is 3.83. The predicted octanol–water partition coefficient (Wildman–Crippen LogP) is 2.13. The van der Waals surface area contributed by atoms with E-state index in [1.807, 2.05) is 12.4 Å². The van der Waals surface area contributed by atoms with Crippen LogP contribution in [-0.4, -0.2) is 28.8 Å². The smallest absolute Gasteiger partial charge is 0.202 e. The second-order valence-electron chi connectivity index (χ2n) is 4.28. The van der Waals surface area contributed by atoms with Crippen LogP contribution in [0.25, 0.3) is 0 Å². The first kappa shape index (κ1) is 11.5. The predicted molar refractivity (Wildman–Crippen MR) is 64.5 cm³/mol. The van der Waals surface area contributed by atoms with Crippen LogP contribution in [0.4, 0.5) is 5.95 Å². The molecule has 1 aromatic rings. The molecular weight excluding hydrogens is 202 g/mol. The van der Waals surface area contributed by atoms with Crippen molar-refractivity contribution in [1.29, 1.82) is 0 Å². The second-order valence-corrected chi connectivity index (χ2v) is 4.28. The zero-order valence-electron chi connectivity index (χ0n) is 10.1. The van der Waals surface area contributed by atoms with Gasteiger partial charge in [0, 0.05) is 38.0 Å². The number of aryl methyl sites for hydroxylation is 1. The molecule has 1 N–H and O–H groups in total. The summed E-state index contributed by atoms with van der Waals surface area (Å²) in [5.74, 6) is 1.61. The van der Waals surface area contributed by atoms with Crippen molar-refractivity contribution in [1.82, 2.24) is 9.55 Å². The lowest BCUT2D eigenvalue weighted by Crippen LogP contribution is -2.23. The topological polar surface area (TPSA) is 39.1 Å². The number of nitrogens with zero attached hydrogens (tertiary/aromatic N) is 2. The van der Waals surface area contributed by atoms with Crippen LogP contribution in [0.5, 0.6) is 0 Å². The summed E-state index contributed by atoms with van der Waals surface area (Å²) in [5, 5.41) is 3.42. The van der Waals surface area contributed by atoms with Gasteiger partial charge in [-0.05, 0) is 19.8 Å². The summed E-state index contributed by atoms with van der Waals surface area (Å²) in [6, 6.07) is 0. The van der Waals surface area contributed by atoms with E-state index in [0.717, 1.165) is 32.1 Å². The van der Waals surface area contributed by atoms with Gasteiger partial charge in [-0.1, -0.05) is 6.92 Å². The fraction of sp³-hybridized carbons (Fsp3) is 0.750. The molecule has 2 atom stereocenters. The molecule has 1 aliphatic heterocycles. The molecule has 4 heteroatoms. The Morgan fingerprint density at radius 2 is 2.44 bits per heavy atom. The van der Waals surface area contributed by atoms with Crippen LogP contribution < -0.4 is 5.32 Å². The maximum atomic E-state index is 5.67. The summed E-state index contributed by atoms with van der Waals surface area (Å²) in [6.07, 6.45) is 6.55. The molecule has 90 valence electrons. The van der Waals surface area contributed by atoms with Gasteiger partial charge in [-0.2, -0.15) is 0 Å². The molecule has 0 aliphatic carbocycles. The third-order valence-electron chi connectivity index (χ3n) is 3.33. The van der Waals surface area contributed by atoms with E-state index >= 15 is 0 Å². The average Bonchev–Trinajstić information content (AvgIpc) is 2.94. The number of anilines is 1. The van der Waals surface area contributed by atoms with Crippen molar-refractivity contribution in [2.24, 2.45) is 5.92 Å². The standard InChI is InChI=1S/C12H21N3O/c1-3-11-10(5-8-16-11)9-14-12-13-6-7-15(12)4-2/h6-7,10-11H,3-5,8-9H2,1-2H3,(H,13,14). The third kappa shape index (κ3) is 2.38. The van der Waals surface area contributed by atoms with Gasteiger partial charge in [-0.25, -0.2) is 4.98 Å². The number of hydrogen-bond acceptors (Lipinski definition) is 3. The van der Waals surface area contributed by atoms with Crippen LogP contribution in [0, 0.1) is 5.92 Å². The molecule has 0 aromatic carbocycles. The van der Waals surface area contributed by atoms with Crippen molar-refractivity contribution < 1.29 is 4.74 Å². The molecule has 2 heterocycles. The number of aromatic nitrogens is 2. The molecule has 0 radical (unpaired) electrons. The van der Waals surface area contributed by atoms with Gasteiger partial charge in [0.25, 0.3) is 0 Å². The van der Waals surface area contributed by atoms with E-state index in [1.165, 1.54) is 6.42 Å². The van der Waals surface area contributed by atoms with E-state index in [-0.39, 0.29) is 0 Å². The molecule has 1 saturated heterocycles. The fourth-order valence-electron chi connectivity index (χ4n) is 2.33. The largest absolute Gasteiger partial charge is 0.378 e. The monoisotopic (exact) mass is 223 g/mol. The van der Waals surface area contributed by atoms with Crippen molar-refractivity contribution in [2.45, 2.75) is 39.3 Å². The quantitative estimate of drug-likeness (QED) is 0.831. The lowest BCUT2D eigenvalue weighted by Gasteiger charge is -2.17. The highest BCUT2D eigenvalue weighted by Gasteiger charge is 2.26. The SMILES string of the molecule is CCC1OCCC1CNc1nccn1CC. The number of rotatable bonds is 5. The summed E-state index contributed by atoms with van der Waals surface area (Å²) in [4.78, 5) is 4.31. The molecule has 0 amide bonds. The van der Waals surface area contributed by atoms with Crippen LogP contribution in [0.3, 0.4) is 0 Å². The minimum Gasteiger partial charge on any atom is -0.378 e. The Balaban J connectivity index is 1.87. The van der Waals surface area contributed by atoms with E-state index < -0.39 is 0 Å². The number of hydrogen-bond donors (Lipinski definition) is 1. The Bertz CT molecular complexity index is 324. The van der Waals surface area contributed by atoms with Crippen molar-refractivity contribution >= 4 is 5.95 Å². The molecule has 2 rings (SSSR count). The van der Waals surface area contributed by atoms with Crippen molar-refractivity contribution in [3.8, 4) is 0 Å². The fourth-order valence-corrected chi connectivity index (χ4v) is 2.33. The van der Waals surface area contributed by atoms with Crippen molar-refractivity contribution in [3.05, 3.63) is 12.4 Å². The molecule has 1 fully saturated rings. The maximum absolute atomic E-state index is 5.67. The van der Waals surface area contributed by atoms with Gasteiger partial charge >= 0.3 is 0 Å². The van der Waals surface area contributed by atoms with Gasteiger partial charge in [0.05, 0.1) is 6.10 Å². The summed E-state index contributed by atoms with van der Waals surface area (Å²) in [6.45, 7) is 7.15. The Hall–Kier alpha value is -1.03. The minimum atomic E-state index is 0.428. The van der Waals surface area contributed by atoms with Gasteiger partial charge in [-0.15, -0.1) is 0 Å². The molecule has 1 aromatic heterocycles. The van der Waals surface area contributed by atoms with Gasteiger partial charge in [0.2, 0.25) is 5.95 Å². The van der Waals surface area contributed by atoms with Crippen LogP contribution in [0.2, 0.25) is 0 Å². The Labute approximate surface area is 97.0 Å². The molecule has 0 spiro atoms. The maximum Gasteiger partial charge on any atom is 0.202 e. The highest BCUT2D eigenvalue weighted by Crippen LogP contribution is 2.23. The first-order valence-corrected chi connectivity index (χ1v) is 6.21. The van der Waals surface area contributed by atoms with E-state index in [2.05, 4.69) is 28.7 Å². The highest BCUT2D eigenvalue weighted by atomic mass is 16.5. The van der Waals surface area contributed by atoms with E-state index in [4.69, 9.17) is 4.74 Å². The summed E-state index contributed by atoms with van der Waals surface area (Å²) in [5.41, 5.74) is 0.